The third-order valence-corrected chi connectivity index (χ3v) is 5.26. The van der Waals surface area contributed by atoms with Gasteiger partial charge in [0, 0.05) is 11.5 Å². The number of hydrogen-bond donors (Lipinski definition) is 1. The monoisotopic (exact) mass is 262 g/mol. The van der Waals surface area contributed by atoms with Crippen LogP contribution in [0, 0.1) is 11.8 Å². The maximum atomic E-state index is 5.96. The molecule has 1 aromatic heterocycles. The Hall–Kier alpha value is -0.990. The molecule has 1 aromatic rings. The third-order valence-electron chi connectivity index (χ3n) is 5.26. The minimum Gasteiger partial charge on any atom is -0.381 e. The molecule has 0 radical (unpaired) electrons. The zero-order valence-electron chi connectivity index (χ0n) is 12.0. The molecule has 3 nitrogen and oxygen atoms in total. The van der Waals surface area contributed by atoms with Crippen LogP contribution < -0.4 is 5.73 Å². The molecule has 0 spiro atoms. The molecule has 1 heterocycles. The molecule has 0 aromatic carbocycles. The number of nitrogens with zero attached hydrogens (tertiary/aromatic N) is 1. The summed E-state index contributed by atoms with van der Waals surface area (Å²) < 4.78 is 5.59. The summed E-state index contributed by atoms with van der Waals surface area (Å²) in [6.07, 6.45) is 11.8. The lowest BCUT2D eigenvalue weighted by molar-refractivity contribution is 0.144. The quantitative estimate of drug-likeness (QED) is 0.884. The number of fused-ring (bicyclic) bond motifs is 1. The molecule has 0 saturated heterocycles. The first-order valence-electron chi connectivity index (χ1n) is 8.03. The van der Waals surface area contributed by atoms with Gasteiger partial charge in [0.25, 0.3) is 0 Å². The Morgan fingerprint density at radius 3 is 2.74 bits per heavy atom. The first-order chi connectivity index (χ1) is 9.29. The Kier molecular flexibility index (Phi) is 3.81. The maximum absolute atomic E-state index is 5.96. The van der Waals surface area contributed by atoms with E-state index in [0.29, 0.717) is 11.7 Å². The first kappa shape index (κ1) is 13.0. The molecule has 2 N–H and O–H groups in total. The van der Waals surface area contributed by atoms with E-state index >= 15 is 0 Å². The van der Waals surface area contributed by atoms with Crippen LogP contribution in [0.1, 0.15) is 75.5 Å². The van der Waals surface area contributed by atoms with Gasteiger partial charge >= 0.3 is 0 Å². The summed E-state index contributed by atoms with van der Waals surface area (Å²) in [5.74, 6) is 4.23. The predicted molar refractivity (Wildman–Crippen MR) is 77.0 cm³/mol. The lowest BCUT2D eigenvalue weighted by Gasteiger charge is -2.38. The second kappa shape index (κ2) is 5.56. The van der Waals surface area contributed by atoms with E-state index in [0.717, 1.165) is 30.4 Å². The highest BCUT2D eigenvalue weighted by atomic mass is 16.5. The molecular weight excluding hydrogens is 236 g/mol. The zero-order valence-corrected chi connectivity index (χ0v) is 12.0. The summed E-state index contributed by atoms with van der Waals surface area (Å²) in [5, 5.41) is 4.02. The first-order valence-corrected chi connectivity index (χ1v) is 8.03. The van der Waals surface area contributed by atoms with Crippen LogP contribution in [0.2, 0.25) is 0 Å². The molecule has 3 rings (SSSR count). The normalized spacial score (nSPS) is 31.1. The van der Waals surface area contributed by atoms with E-state index in [4.69, 9.17) is 10.3 Å². The second-order valence-electron chi connectivity index (χ2n) is 6.48. The average Bonchev–Trinajstić information content (AvgIpc) is 2.80. The number of aromatic nitrogens is 1. The summed E-state index contributed by atoms with van der Waals surface area (Å²) in [7, 11) is 0. The van der Waals surface area contributed by atoms with Crippen LogP contribution in [-0.2, 0) is 6.42 Å². The molecule has 3 heteroatoms. The SMILES string of the molecule is CCCc1c(N)noc1C1CCC2CCCCC2C1. The minimum atomic E-state index is 0.575. The van der Waals surface area contributed by atoms with Gasteiger partial charge in [-0.15, -0.1) is 0 Å². The van der Waals surface area contributed by atoms with Crippen molar-refractivity contribution in [2.75, 3.05) is 5.73 Å². The van der Waals surface area contributed by atoms with Gasteiger partial charge in [-0.3, -0.25) is 0 Å². The standard InChI is InChI=1S/C16H26N2O/c1-2-5-14-15(19-18-16(14)17)13-9-8-11-6-3-4-7-12(11)10-13/h11-13H,2-10H2,1H3,(H2,17,18). The van der Waals surface area contributed by atoms with Gasteiger partial charge in [0.2, 0.25) is 0 Å². The van der Waals surface area contributed by atoms with Crippen molar-refractivity contribution >= 4 is 5.82 Å². The number of anilines is 1. The number of nitrogen functional groups attached to an aromatic ring is 1. The summed E-state index contributed by atoms with van der Waals surface area (Å²) in [4.78, 5) is 0. The Morgan fingerprint density at radius 1 is 1.16 bits per heavy atom. The van der Waals surface area contributed by atoms with Crippen molar-refractivity contribution in [1.82, 2.24) is 5.16 Å². The van der Waals surface area contributed by atoms with Gasteiger partial charge in [0.15, 0.2) is 5.82 Å². The van der Waals surface area contributed by atoms with Crippen molar-refractivity contribution in [3.05, 3.63) is 11.3 Å². The molecule has 19 heavy (non-hydrogen) atoms. The van der Waals surface area contributed by atoms with Gasteiger partial charge < -0.3 is 10.3 Å². The smallest absolute Gasteiger partial charge is 0.170 e. The van der Waals surface area contributed by atoms with E-state index < -0.39 is 0 Å². The zero-order chi connectivity index (χ0) is 13.2. The van der Waals surface area contributed by atoms with Crippen LogP contribution >= 0.6 is 0 Å². The highest BCUT2D eigenvalue weighted by molar-refractivity contribution is 5.42. The van der Waals surface area contributed by atoms with Crippen molar-refractivity contribution in [2.45, 2.75) is 70.6 Å². The molecule has 2 fully saturated rings. The van der Waals surface area contributed by atoms with E-state index in [2.05, 4.69) is 12.1 Å². The third kappa shape index (κ3) is 2.52. The Morgan fingerprint density at radius 2 is 1.95 bits per heavy atom. The van der Waals surface area contributed by atoms with Crippen LogP contribution in [0.4, 0.5) is 5.82 Å². The molecule has 106 valence electrons. The number of rotatable bonds is 3. The topological polar surface area (TPSA) is 52.0 Å². The molecule has 0 aliphatic heterocycles. The van der Waals surface area contributed by atoms with Gasteiger partial charge in [-0.25, -0.2) is 0 Å². The van der Waals surface area contributed by atoms with Crippen LogP contribution in [0.5, 0.6) is 0 Å². The average molecular weight is 262 g/mol. The molecule has 3 atom stereocenters. The van der Waals surface area contributed by atoms with Crippen molar-refractivity contribution in [1.29, 1.82) is 0 Å². The van der Waals surface area contributed by atoms with E-state index in [1.165, 1.54) is 50.5 Å². The lowest BCUT2D eigenvalue weighted by atomic mass is 9.67. The van der Waals surface area contributed by atoms with Crippen molar-refractivity contribution in [2.24, 2.45) is 11.8 Å². The van der Waals surface area contributed by atoms with E-state index in [9.17, 15) is 0 Å². The van der Waals surface area contributed by atoms with E-state index in [1.807, 2.05) is 0 Å². The Labute approximate surface area is 115 Å². The predicted octanol–water partition coefficient (Wildman–Crippen LogP) is 4.28. The molecule has 0 bridgehead atoms. The Bertz CT molecular complexity index is 426. The lowest BCUT2D eigenvalue weighted by Crippen LogP contribution is -2.27. The summed E-state index contributed by atoms with van der Waals surface area (Å²) in [5.41, 5.74) is 7.16. The minimum absolute atomic E-state index is 0.575. The van der Waals surface area contributed by atoms with Gasteiger partial charge in [-0.2, -0.15) is 0 Å². The summed E-state index contributed by atoms with van der Waals surface area (Å²) in [6.45, 7) is 2.19. The van der Waals surface area contributed by atoms with Crippen LogP contribution in [0.15, 0.2) is 4.52 Å². The summed E-state index contributed by atoms with van der Waals surface area (Å²) in [6, 6.07) is 0. The molecule has 2 aliphatic carbocycles. The van der Waals surface area contributed by atoms with E-state index in [1.54, 1.807) is 0 Å². The molecular formula is C16H26N2O. The second-order valence-corrected chi connectivity index (χ2v) is 6.48. The fourth-order valence-corrected chi connectivity index (χ4v) is 4.27. The largest absolute Gasteiger partial charge is 0.381 e. The molecule has 3 unspecified atom stereocenters. The highest BCUT2D eigenvalue weighted by Gasteiger charge is 2.35. The van der Waals surface area contributed by atoms with Gasteiger partial charge in [0.05, 0.1) is 0 Å². The van der Waals surface area contributed by atoms with Crippen LogP contribution in [0.3, 0.4) is 0 Å². The van der Waals surface area contributed by atoms with Crippen LogP contribution in [-0.4, -0.2) is 5.16 Å². The fourth-order valence-electron chi connectivity index (χ4n) is 4.27. The summed E-state index contributed by atoms with van der Waals surface area (Å²) >= 11 is 0. The maximum Gasteiger partial charge on any atom is 0.170 e. The number of hydrogen-bond acceptors (Lipinski definition) is 3. The van der Waals surface area contributed by atoms with Crippen molar-refractivity contribution in [3.8, 4) is 0 Å². The van der Waals surface area contributed by atoms with Gasteiger partial charge in [0.1, 0.15) is 5.76 Å². The van der Waals surface area contributed by atoms with Crippen LogP contribution in [0.25, 0.3) is 0 Å². The molecule has 2 aliphatic rings. The number of nitrogens with two attached hydrogens (primary N) is 1. The molecule has 0 amide bonds. The fraction of sp³-hybridized carbons (Fsp3) is 0.812. The van der Waals surface area contributed by atoms with Crippen molar-refractivity contribution < 1.29 is 4.52 Å². The van der Waals surface area contributed by atoms with E-state index in [-0.39, 0.29) is 0 Å². The highest BCUT2D eigenvalue weighted by Crippen LogP contribution is 2.47. The van der Waals surface area contributed by atoms with Crippen molar-refractivity contribution in [3.63, 3.8) is 0 Å². The van der Waals surface area contributed by atoms with Gasteiger partial charge in [-0.05, 0) is 37.5 Å². The Balaban J connectivity index is 1.75. The molecule has 2 saturated carbocycles. The van der Waals surface area contributed by atoms with Gasteiger partial charge in [-0.1, -0.05) is 44.2 Å².